The number of sulfonamides is 1. The number of anilines is 1. The third kappa shape index (κ3) is 2.85. The van der Waals surface area contributed by atoms with Crippen LogP contribution in [0.1, 0.15) is 0 Å². The molecule has 0 spiro atoms. The summed E-state index contributed by atoms with van der Waals surface area (Å²) in [5.74, 6) is 0.396. The van der Waals surface area contributed by atoms with Crippen LogP contribution in [-0.4, -0.2) is 48.6 Å². The maximum atomic E-state index is 13.0. The van der Waals surface area contributed by atoms with E-state index in [1.165, 1.54) is 19.2 Å². The topological polar surface area (TPSA) is 80.1 Å². The number of rotatable bonds is 4. The zero-order valence-electron chi connectivity index (χ0n) is 13.4. The van der Waals surface area contributed by atoms with Gasteiger partial charge in [-0.05, 0) is 31.3 Å². The number of benzene rings is 1. The minimum atomic E-state index is -3.25. The molecule has 3 aromatic rings. The van der Waals surface area contributed by atoms with E-state index in [0.717, 1.165) is 16.6 Å². The molecule has 1 fully saturated rings. The molecule has 2 aromatic heterocycles. The standard InChI is InChI=1S/C16H16FN5O2S/c1-18-25(23,24)14-9-21(10-14)16-6-15-11(7-19-16)8-22(20-15)13-4-2-12(17)3-5-13/h2-8,14,18H,9-10H2,1H3. The van der Waals surface area contributed by atoms with Crippen LogP contribution < -0.4 is 9.62 Å². The van der Waals surface area contributed by atoms with Gasteiger partial charge < -0.3 is 4.90 Å². The van der Waals surface area contributed by atoms with Gasteiger partial charge in [0.05, 0.1) is 11.2 Å². The Morgan fingerprint density at radius 3 is 2.64 bits per heavy atom. The summed E-state index contributed by atoms with van der Waals surface area (Å²) in [6.45, 7) is 0.806. The molecule has 9 heteroatoms. The second-order valence-corrected chi connectivity index (χ2v) is 8.09. The molecule has 0 amide bonds. The highest BCUT2D eigenvalue weighted by molar-refractivity contribution is 7.90. The lowest BCUT2D eigenvalue weighted by Gasteiger charge is -2.39. The van der Waals surface area contributed by atoms with Gasteiger partial charge in [0.2, 0.25) is 10.0 Å². The van der Waals surface area contributed by atoms with E-state index in [-0.39, 0.29) is 5.82 Å². The fourth-order valence-electron chi connectivity index (χ4n) is 2.79. The highest BCUT2D eigenvalue weighted by Crippen LogP contribution is 2.25. The largest absolute Gasteiger partial charge is 0.354 e. The quantitative estimate of drug-likeness (QED) is 0.758. The van der Waals surface area contributed by atoms with Crippen molar-refractivity contribution in [1.29, 1.82) is 0 Å². The van der Waals surface area contributed by atoms with Crippen molar-refractivity contribution in [3.63, 3.8) is 0 Å². The predicted molar refractivity (Wildman–Crippen MR) is 92.8 cm³/mol. The number of aromatic nitrogens is 3. The summed E-state index contributed by atoms with van der Waals surface area (Å²) in [6.07, 6.45) is 3.53. The fourth-order valence-corrected chi connectivity index (χ4v) is 3.88. The van der Waals surface area contributed by atoms with Crippen LogP contribution in [-0.2, 0) is 10.0 Å². The van der Waals surface area contributed by atoms with E-state index in [2.05, 4.69) is 14.8 Å². The predicted octanol–water partition coefficient (Wildman–Crippen LogP) is 1.30. The van der Waals surface area contributed by atoms with Crippen LogP contribution in [0.3, 0.4) is 0 Å². The second-order valence-electron chi connectivity index (χ2n) is 5.93. The molecule has 25 heavy (non-hydrogen) atoms. The van der Waals surface area contributed by atoms with Crippen LogP contribution in [0.4, 0.5) is 10.2 Å². The van der Waals surface area contributed by atoms with Crippen molar-refractivity contribution in [2.45, 2.75) is 5.25 Å². The van der Waals surface area contributed by atoms with E-state index in [1.54, 1.807) is 23.0 Å². The minimum absolute atomic E-state index is 0.298. The van der Waals surface area contributed by atoms with E-state index >= 15 is 0 Å². The fraction of sp³-hybridized carbons (Fsp3) is 0.250. The Morgan fingerprint density at radius 1 is 1.24 bits per heavy atom. The zero-order valence-corrected chi connectivity index (χ0v) is 14.2. The van der Waals surface area contributed by atoms with Crippen LogP contribution in [0, 0.1) is 5.82 Å². The SMILES string of the molecule is CNS(=O)(=O)C1CN(c2cc3nn(-c4ccc(F)cc4)cc3cn2)C1. The highest BCUT2D eigenvalue weighted by Gasteiger charge is 2.37. The van der Waals surface area contributed by atoms with Crippen molar-refractivity contribution in [3.8, 4) is 5.69 Å². The first kappa shape index (κ1) is 16.0. The van der Waals surface area contributed by atoms with Crippen LogP contribution in [0.15, 0.2) is 42.7 Å². The molecule has 1 aromatic carbocycles. The van der Waals surface area contributed by atoms with Crippen molar-refractivity contribution in [3.05, 3.63) is 48.5 Å². The number of nitrogens with one attached hydrogen (secondary N) is 1. The molecule has 7 nitrogen and oxygen atoms in total. The lowest BCUT2D eigenvalue weighted by Crippen LogP contribution is -2.57. The molecule has 4 rings (SSSR count). The van der Waals surface area contributed by atoms with E-state index in [4.69, 9.17) is 0 Å². The summed E-state index contributed by atoms with van der Waals surface area (Å²) in [6, 6.07) is 7.90. The van der Waals surface area contributed by atoms with Gasteiger partial charge in [-0.15, -0.1) is 0 Å². The smallest absolute Gasteiger partial charge is 0.217 e. The van der Waals surface area contributed by atoms with Gasteiger partial charge in [-0.25, -0.2) is 27.2 Å². The third-order valence-corrected chi connectivity index (χ3v) is 6.11. The highest BCUT2D eigenvalue weighted by atomic mass is 32.2. The van der Waals surface area contributed by atoms with Gasteiger partial charge >= 0.3 is 0 Å². The lowest BCUT2D eigenvalue weighted by molar-refractivity contribution is 0.532. The molecule has 0 atom stereocenters. The monoisotopic (exact) mass is 361 g/mol. The van der Waals surface area contributed by atoms with Crippen molar-refractivity contribution in [1.82, 2.24) is 19.5 Å². The number of pyridine rings is 1. The van der Waals surface area contributed by atoms with Crippen LogP contribution >= 0.6 is 0 Å². The molecule has 0 radical (unpaired) electrons. The second kappa shape index (κ2) is 5.78. The molecule has 1 N–H and O–H groups in total. The molecule has 1 saturated heterocycles. The Kier molecular flexibility index (Phi) is 3.69. The Morgan fingerprint density at radius 2 is 1.96 bits per heavy atom. The van der Waals surface area contributed by atoms with Gasteiger partial charge in [0.1, 0.15) is 16.9 Å². The minimum Gasteiger partial charge on any atom is -0.354 e. The van der Waals surface area contributed by atoms with E-state index < -0.39 is 15.3 Å². The maximum absolute atomic E-state index is 13.0. The zero-order chi connectivity index (χ0) is 17.6. The average Bonchev–Trinajstić information content (AvgIpc) is 2.97. The van der Waals surface area contributed by atoms with Gasteiger partial charge in [-0.3, -0.25) is 0 Å². The van der Waals surface area contributed by atoms with Crippen LogP contribution in [0.2, 0.25) is 0 Å². The summed E-state index contributed by atoms with van der Waals surface area (Å²) in [4.78, 5) is 6.29. The molecule has 0 unspecified atom stereocenters. The van der Waals surface area contributed by atoms with Gasteiger partial charge in [-0.1, -0.05) is 0 Å². The summed E-state index contributed by atoms with van der Waals surface area (Å²) >= 11 is 0. The van der Waals surface area contributed by atoms with E-state index in [0.29, 0.717) is 18.9 Å². The first-order valence-corrected chi connectivity index (χ1v) is 9.29. The molecule has 130 valence electrons. The van der Waals surface area contributed by atoms with E-state index in [1.807, 2.05) is 17.2 Å². The normalized spacial score (nSPS) is 15.5. The van der Waals surface area contributed by atoms with Crippen LogP contribution in [0.25, 0.3) is 16.6 Å². The number of halogens is 1. The van der Waals surface area contributed by atoms with Gasteiger partial charge in [0, 0.05) is 36.9 Å². The van der Waals surface area contributed by atoms with Crippen LogP contribution in [0.5, 0.6) is 0 Å². The van der Waals surface area contributed by atoms with Gasteiger partial charge in [-0.2, -0.15) is 5.10 Å². The molecule has 1 aliphatic rings. The molecule has 3 heterocycles. The third-order valence-electron chi connectivity index (χ3n) is 4.36. The lowest BCUT2D eigenvalue weighted by atomic mass is 10.2. The molecule has 0 bridgehead atoms. The van der Waals surface area contributed by atoms with E-state index in [9.17, 15) is 12.8 Å². The molecule has 0 saturated carbocycles. The Hall–Kier alpha value is -2.52. The van der Waals surface area contributed by atoms with Gasteiger partial charge in [0.25, 0.3) is 0 Å². The first-order chi connectivity index (χ1) is 12.0. The Labute approximate surface area is 144 Å². The number of hydrogen-bond donors (Lipinski definition) is 1. The van der Waals surface area contributed by atoms with Crippen molar-refractivity contribution in [2.24, 2.45) is 0 Å². The van der Waals surface area contributed by atoms with Crippen molar-refractivity contribution < 1.29 is 12.8 Å². The van der Waals surface area contributed by atoms with Crippen molar-refractivity contribution >= 4 is 26.7 Å². The summed E-state index contributed by atoms with van der Waals surface area (Å²) in [5, 5.41) is 4.93. The van der Waals surface area contributed by atoms with Crippen molar-refractivity contribution in [2.75, 3.05) is 25.0 Å². The molecule has 0 aliphatic carbocycles. The molecular formula is C16H16FN5O2S. The number of nitrogens with zero attached hydrogens (tertiary/aromatic N) is 4. The Balaban J connectivity index is 1.58. The summed E-state index contributed by atoms with van der Waals surface area (Å²) in [5.41, 5.74) is 1.50. The average molecular weight is 361 g/mol. The molecule has 1 aliphatic heterocycles. The molecular weight excluding hydrogens is 345 g/mol. The maximum Gasteiger partial charge on any atom is 0.217 e. The first-order valence-electron chi connectivity index (χ1n) is 7.75. The Bertz CT molecular complexity index is 1030. The number of fused-ring (bicyclic) bond motifs is 1. The summed E-state index contributed by atoms with van der Waals surface area (Å²) in [7, 11) is -1.83. The number of hydrogen-bond acceptors (Lipinski definition) is 5. The summed E-state index contributed by atoms with van der Waals surface area (Å²) < 4.78 is 40.6. The van der Waals surface area contributed by atoms with Gasteiger partial charge in [0.15, 0.2) is 0 Å².